The minimum Gasteiger partial charge on any atom is -0.313 e. The van der Waals surface area contributed by atoms with E-state index in [0.29, 0.717) is 6.04 Å². The van der Waals surface area contributed by atoms with Gasteiger partial charge in [0.2, 0.25) is 0 Å². The number of nitrogens with zero attached hydrogens (tertiary/aromatic N) is 4. The molecule has 5 heteroatoms. The number of rotatable bonds is 5. The van der Waals surface area contributed by atoms with Gasteiger partial charge in [0.1, 0.15) is 0 Å². The van der Waals surface area contributed by atoms with Crippen molar-refractivity contribution in [2.24, 2.45) is 0 Å². The van der Waals surface area contributed by atoms with Crippen LogP contribution < -0.4 is 5.32 Å². The first-order valence-electron chi connectivity index (χ1n) is 7.63. The second-order valence-electron chi connectivity index (χ2n) is 6.01. The quantitative estimate of drug-likeness (QED) is 0.894. The van der Waals surface area contributed by atoms with Gasteiger partial charge in [-0.3, -0.25) is 14.3 Å². The number of aromatic nitrogens is 3. The lowest BCUT2D eigenvalue weighted by Gasteiger charge is -2.25. The van der Waals surface area contributed by atoms with Crippen molar-refractivity contribution < 1.29 is 0 Å². The van der Waals surface area contributed by atoms with Gasteiger partial charge < -0.3 is 5.32 Å². The second-order valence-corrected chi connectivity index (χ2v) is 6.01. The van der Waals surface area contributed by atoms with E-state index in [-0.39, 0.29) is 0 Å². The van der Waals surface area contributed by atoms with E-state index in [1.54, 1.807) is 0 Å². The molecular formula is C15H21N5. The van der Waals surface area contributed by atoms with Crippen LogP contribution in [0.25, 0.3) is 5.65 Å². The first kappa shape index (κ1) is 12.3. The van der Waals surface area contributed by atoms with E-state index in [9.17, 15) is 0 Å². The van der Waals surface area contributed by atoms with Gasteiger partial charge in [-0.25, -0.2) is 4.98 Å². The summed E-state index contributed by atoms with van der Waals surface area (Å²) in [6.45, 7) is 3.35. The predicted molar refractivity (Wildman–Crippen MR) is 77.4 cm³/mol. The minimum absolute atomic E-state index is 0.677. The van der Waals surface area contributed by atoms with Gasteiger partial charge >= 0.3 is 0 Å². The first-order valence-corrected chi connectivity index (χ1v) is 7.63. The highest BCUT2D eigenvalue weighted by atomic mass is 15.2. The van der Waals surface area contributed by atoms with E-state index in [4.69, 9.17) is 0 Å². The molecule has 2 aromatic rings. The van der Waals surface area contributed by atoms with Crippen LogP contribution in [0.2, 0.25) is 0 Å². The van der Waals surface area contributed by atoms with E-state index in [1.165, 1.54) is 44.5 Å². The lowest BCUT2D eigenvalue weighted by Crippen LogP contribution is -2.38. The SMILES string of the molecule is c1cn2c(CN(C[C@H]3CCCN3)C3CC3)cnc2cn1. The fourth-order valence-electron chi connectivity index (χ4n) is 3.20. The summed E-state index contributed by atoms with van der Waals surface area (Å²) >= 11 is 0. The van der Waals surface area contributed by atoms with Crippen LogP contribution >= 0.6 is 0 Å². The smallest absolute Gasteiger partial charge is 0.155 e. The molecule has 4 rings (SSSR count). The van der Waals surface area contributed by atoms with Crippen molar-refractivity contribution >= 4 is 5.65 Å². The van der Waals surface area contributed by atoms with Crippen LogP contribution in [-0.2, 0) is 6.54 Å². The normalized spacial score (nSPS) is 22.9. The average Bonchev–Trinajstić information content (AvgIpc) is 3.05. The van der Waals surface area contributed by atoms with E-state index in [2.05, 4.69) is 24.6 Å². The van der Waals surface area contributed by atoms with Crippen molar-refractivity contribution in [2.45, 2.75) is 44.3 Å². The van der Waals surface area contributed by atoms with Gasteiger partial charge in [0.05, 0.1) is 18.1 Å². The Hall–Kier alpha value is -1.46. The Labute approximate surface area is 119 Å². The van der Waals surface area contributed by atoms with Crippen molar-refractivity contribution in [3.63, 3.8) is 0 Å². The highest BCUT2D eigenvalue weighted by Crippen LogP contribution is 2.29. The maximum atomic E-state index is 4.44. The number of hydrogen-bond donors (Lipinski definition) is 1. The molecule has 1 aliphatic carbocycles. The molecule has 0 spiro atoms. The molecule has 0 radical (unpaired) electrons. The van der Waals surface area contributed by atoms with E-state index < -0.39 is 0 Å². The second kappa shape index (κ2) is 5.14. The Morgan fingerprint density at radius 3 is 3.05 bits per heavy atom. The Balaban J connectivity index is 1.52. The summed E-state index contributed by atoms with van der Waals surface area (Å²) in [5.74, 6) is 0. The molecule has 0 bridgehead atoms. The zero-order valence-electron chi connectivity index (χ0n) is 11.7. The Kier molecular flexibility index (Phi) is 3.16. The largest absolute Gasteiger partial charge is 0.313 e. The molecule has 0 aromatic carbocycles. The third kappa shape index (κ3) is 2.43. The summed E-state index contributed by atoms with van der Waals surface area (Å²) in [5.41, 5.74) is 2.21. The van der Waals surface area contributed by atoms with Crippen LogP contribution in [0.5, 0.6) is 0 Å². The number of nitrogens with one attached hydrogen (secondary N) is 1. The van der Waals surface area contributed by atoms with Gasteiger partial charge in [-0.05, 0) is 32.2 Å². The topological polar surface area (TPSA) is 45.5 Å². The van der Waals surface area contributed by atoms with Crippen LogP contribution in [0.1, 0.15) is 31.4 Å². The van der Waals surface area contributed by atoms with E-state index in [1.807, 2.05) is 24.8 Å². The zero-order chi connectivity index (χ0) is 13.4. The molecule has 2 aromatic heterocycles. The molecule has 1 saturated carbocycles. The monoisotopic (exact) mass is 271 g/mol. The van der Waals surface area contributed by atoms with Crippen LogP contribution in [0.4, 0.5) is 0 Å². The molecule has 2 fully saturated rings. The molecule has 3 heterocycles. The fraction of sp³-hybridized carbons (Fsp3) is 0.600. The molecule has 1 atom stereocenters. The van der Waals surface area contributed by atoms with Crippen molar-refractivity contribution in [3.05, 3.63) is 30.5 Å². The van der Waals surface area contributed by atoms with Crippen molar-refractivity contribution in [3.8, 4) is 0 Å². The van der Waals surface area contributed by atoms with Gasteiger partial charge in [0.15, 0.2) is 5.65 Å². The predicted octanol–water partition coefficient (Wildman–Crippen LogP) is 1.45. The summed E-state index contributed by atoms with van der Waals surface area (Å²) in [4.78, 5) is 11.2. The maximum absolute atomic E-state index is 4.44. The number of fused-ring (bicyclic) bond motifs is 1. The standard InChI is InChI=1S/C15H21N5/c1-2-12(17-5-1)10-19(13-3-4-13)11-14-8-18-15-9-16-6-7-20(14)15/h6-9,12-13,17H,1-5,10-11H2/t12-/m1/s1. The number of imidazole rings is 1. The summed E-state index contributed by atoms with van der Waals surface area (Å²) in [6.07, 6.45) is 13.0. The molecule has 2 aliphatic rings. The Morgan fingerprint density at radius 1 is 1.30 bits per heavy atom. The summed E-state index contributed by atoms with van der Waals surface area (Å²) in [5, 5.41) is 3.61. The van der Waals surface area contributed by atoms with E-state index >= 15 is 0 Å². The van der Waals surface area contributed by atoms with Crippen molar-refractivity contribution in [1.29, 1.82) is 0 Å². The van der Waals surface area contributed by atoms with Crippen LogP contribution in [0.3, 0.4) is 0 Å². The molecule has 0 unspecified atom stereocenters. The molecule has 1 N–H and O–H groups in total. The molecule has 5 nitrogen and oxygen atoms in total. The minimum atomic E-state index is 0.677. The zero-order valence-corrected chi connectivity index (χ0v) is 11.7. The van der Waals surface area contributed by atoms with Gasteiger partial charge in [0, 0.05) is 37.6 Å². The van der Waals surface area contributed by atoms with Gasteiger partial charge in [-0.1, -0.05) is 0 Å². The molecule has 0 amide bonds. The molecular weight excluding hydrogens is 250 g/mol. The molecule has 1 saturated heterocycles. The highest BCUT2D eigenvalue weighted by Gasteiger charge is 2.31. The van der Waals surface area contributed by atoms with Crippen LogP contribution in [-0.4, -0.2) is 44.4 Å². The lowest BCUT2D eigenvalue weighted by atomic mass is 10.2. The molecule has 1 aliphatic heterocycles. The summed E-state index contributed by atoms with van der Waals surface area (Å²) in [7, 11) is 0. The summed E-state index contributed by atoms with van der Waals surface area (Å²) < 4.78 is 2.16. The average molecular weight is 271 g/mol. The van der Waals surface area contributed by atoms with Gasteiger partial charge in [-0.2, -0.15) is 0 Å². The number of hydrogen-bond acceptors (Lipinski definition) is 4. The van der Waals surface area contributed by atoms with Gasteiger partial charge in [-0.15, -0.1) is 0 Å². The summed E-state index contributed by atoms with van der Waals surface area (Å²) in [6, 6.07) is 1.46. The highest BCUT2D eigenvalue weighted by molar-refractivity contribution is 5.36. The molecule has 106 valence electrons. The fourth-order valence-corrected chi connectivity index (χ4v) is 3.20. The Bertz CT molecular complexity index is 583. The van der Waals surface area contributed by atoms with Crippen molar-refractivity contribution in [2.75, 3.05) is 13.1 Å². The van der Waals surface area contributed by atoms with Crippen LogP contribution in [0.15, 0.2) is 24.8 Å². The van der Waals surface area contributed by atoms with E-state index in [0.717, 1.165) is 18.2 Å². The van der Waals surface area contributed by atoms with Crippen LogP contribution in [0, 0.1) is 0 Å². The maximum Gasteiger partial charge on any atom is 0.155 e. The molecule has 20 heavy (non-hydrogen) atoms. The third-order valence-corrected chi connectivity index (χ3v) is 4.44. The Morgan fingerprint density at radius 2 is 2.25 bits per heavy atom. The first-order chi connectivity index (χ1) is 9.90. The van der Waals surface area contributed by atoms with Gasteiger partial charge in [0.25, 0.3) is 0 Å². The lowest BCUT2D eigenvalue weighted by molar-refractivity contribution is 0.228. The van der Waals surface area contributed by atoms with Crippen molar-refractivity contribution in [1.82, 2.24) is 24.6 Å². The third-order valence-electron chi connectivity index (χ3n) is 4.44.